The zero-order chi connectivity index (χ0) is 17.8. The van der Waals surface area contributed by atoms with Crippen LogP contribution in [-0.2, 0) is 11.3 Å². The Kier molecular flexibility index (Phi) is 5.46. The molecular formula is C19H21ClN2O3. The predicted molar refractivity (Wildman–Crippen MR) is 98.3 cm³/mol. The van der Waals surface area contributed by atoms with Crippen LogP contribution in [0, 0.1) is 6.92 Å². The maximum Gasteiger partial charge on any atom is 0.238 e. The molecule has 1 N–H and O–H groups in total. The Morgan fingerprint density at radius 2 is 2.00 bits per heavy atom. The number of ether oxygens (including phenoxy) is 2. The van der Waals surface area contributed by atoms with Crippen LogP contribution < -0.4 is 14.8 Å². The van der Waals surface area contributed by atoms with Crippen molar-refractivity contribution in [3.05, 3.63) is 52.5 Å². The van der Waals surface area contributed by atoms with Crippen molar-refractivity contribution in [2.24, 2.45) is 0 Å². The van der Waals surface area contributed by atoms with Crippen molar-refractivity contribution < 1.29 is 14.3 Å². The van der Waals surface area contributed by atoms with E-state index in [0.29, 0.717) is 17.3 Å². The van der Waals surface area contributed by atoms with Crippen molar-refractivity contribution in [3.63, 3.8) is 0 Å². The van der Waals surface area contributed by atoms with Gasteiger partial charge in [-0.3, -0.25) is 9.69 Å². The van der Waals surface area contributed by atoms with Crippen LogP contribution in [0.15, 0.2) is 36.4 Å². The Hall–Kier alpha value is -2.24. The lowest BCUT2D eigenvalue weighted by Crippen LogP contribution is -2.32. The second-order valence-corrected chi connectivity index (χ2v) is 6.43. The fourth-order valence-corrected chi connectivity index (χ4v) is 2.97. The summed E-state index contributed by atoms with van der Waals surface area (Å²) in [6.45, 7) is 5.94. The maximum atomic E-state index is 12.3. The Bertz CT molecular complexity index is 779. The zero-order valence-corrected chi connectivity index (χ0v) is 15.1. The van der Waals surface area contributed by atoms with Gasteiger partial charge in [0.05, 0.1) is 17.3 Å². The second kappa shape index (κ2) is 7.76. The topological polar surface area (TPSA) is 50.8 Å². The largest absolute Gasteiger partial charge is 0.454 e. The minimum absolute atomic E-state index is 0.0895. The van der Waals surface area contributed by atoms with Gasteiger partial charge < -0.3 is 14.8 Å². The molecule has 1 aliphatic rings. The summed E-state index contributed by atoms with van der Waals surface area (Å²) in [4.78, 5) is 14.4. The van der Waals surface area contributed by atoms with E-state index in [4.69, 9.17) is 21.1 Å². The fourth-order valence-electron chi connectivity index (χ4n) is 2.69. The number of hydrogen-bond donors (Lipinski definition) is 1. The summed E-state index contributed by atoms with van der Waals surface area (Å²) in [5.74, 6) is 1.43. The number of anilines is 1. The molecule has 0 spiro atoms. The number of halogens is 1. The molecule has 3 rings (SSSR count). The lowest BCUT2D eigenvalue weighted by Gasteiger charge is -2.20. The molecule has 6 heteroatoms. The molecule has 1 amide bonds. The second-order valence-electron chi connectivity index (χ2n) is 6.02. The van der Waals surface area contributed by atoms with Crippen LogP contribution in [0.3, 0.4) is 0 Å². The highest BCUT2D eigenvalue weighted by Gasteiger charge is 2.16. The molecule has 2 aromatic carbocycles. The van der Waals surface area contributed by atoms with Crippen LogP contribution in [0.4, 0.5) is 5.69 Å². The van der Waals surface area contributed by atoms with Crippen LogP contribution in [-0.4, -0.2) is 30.7 Å². The third kappa shape index (κ3) is 4.44. The van der Waals surface area contributed by atoms with E-state index in [9.17, 15) is 4.79 Å². The minimum atomic E-state index is -0.0895. The van der Waals surface area contributed by atoms with Gasteiger partial charge in [0.1, 0.15) is 0 Å². The molecule has 0 aromatic heterocycles. The number of likely N-dealkylation sites (N-methyl/N-ethyl adjacent to an activating group) is 1. The highest BCUT2D eigenvalue weighted by atomic mass is 35.5. The molecule has 0 atom stereocenters. The summed E-state index contributed by atoms with van der Waals surface area (Å²) in [6.07, 6.45) is 0. The van der Waals surface area contributed by atoms with Gasteiger partial charge in [0, 0.05) is 6.54 Å². The summed E-state index contributed by atoms with van der Waals surface area (Å²) in [7, 11) is 0. The number of fused-ring (bicyclic) bond motifs is 1. The molecule has 0 bridgehead atoms. The third-order valence-electron chi connectivity index (χ3n) is 4.06. The quantitative estimate of drug-likeness (QED) is 0.850. The number of hydrogen-bond acceptors (Lipinski definition) is 4. The zero-order valence-electron chi connectivity index (χ0n) is 14.3. The Morgan fingerprint density at radius 3 is 2.76 bits per heavy atom. The van der Waals surface area contributed by atoms with Gasteiger partial charge in [-0.2, -0.15) is 0 Å². The number of carbonyl (C=O) groups is 1. The van der Waals surface area contributed by atoms with Crippen molar-refractivity contribution in [3.8, 4) is 11.5 Å². The number of aryl methyl sites for hydroxylation is 1. The fraction of sp³-hybridized carbons (Fsp3) is 0.316. The molecule has 25 heavy (non-hydrogen) atoms. The summed E-state index contributed by atoms with van der Waals surface area (Å²) < 4.78 is 10.7. The van der Waals surface area contributed by atoms with Gasteiger partial charge in [-0.05, 0) is 48.9 Å². The Labute approximate surface area is 152 Å². The summed E-state index contributed by atoms with van der Waals surface area (Å²) in [6, 6.07) is 11.4. The van der Waals surface area contributed by atoms with Gasteiger partial charge in [-0.1, -0.05) is 30.7 Å². The van der Waals surface area contributed by atoms with Crippen LogP contribution >= 0.6 is 11.6 Å². The first-order chi connectivity index (χ1) is 12.0. The number of benzene rings is 2. The van der Waals surface area contributed by atoms with Crippen LogP contribution in [0.2, 0.25) is 5.02 Å². The van der Waals surface area contributed by atoms with E-state index < -0.39 is 0 Å². The first-order valence-electron chi connectivity index (χ1n) is 8.22. The number of carbonyl (C=O) groups excluding carboxylic acids is 1. The molecule has 0 radical (unpaired) electrons. The normalized spacial score (nSPS) is 12.5. The number of amides is 1. The first kappa shape index (κ1) is 17.6. The minimum Gasteiger partial charge on any atom is -0.454 e. The van der Waals surface area contributed by atoms with Gasteiger partial charge in [0.2, 0.25) is 12.7 Å². The maximum absolute atomic E-state index is 12.3. The molecule has 1 heterocycles. The van der Waals surface area contributed by atoms with E-state index in [-0.39, 0.29) is 19.2 Å². The SMILES string of the molecule is CCN(CC(=O)Nc1ccc(C)cc1Cl)Cc1ccc2c(c1)OCO2. The molecule has 5 nitrogen and oxygen atoms in total. The molecular weight excluding hydrogens is 340 g/mol. The Balaban J connectivity index is 1.60. The van der Waals surface area contributed by atoms with Gasteiger partial charge >= 0.3 is 0 Å². The Morgan fingerprint density at radius 1 is 1.20 bits per heavy atom. The summed E-state index contributed by atoms with van der Waals surface area (Å²) >= 11 is 6.17. The van der Waals surface area contributed by atoms with Crippen LogP contribution in [0.5, 0.6) is 11.5 Å². The molecule has 0 unspecified atom stereocenters. The average Bonchev–Trinajstić information content (AvgIpc) is 3.04. The standard InChI is InChI=1S/C19H21ClN2O3/c1-3-22(10-14-5-7-17-18(9-14)25-12-24-17)11-19(23)21-16-6-4-13(2)8-15(16)20/h4-9H,3,10-12H2,1-2H3,(H,21,23). The number of nitrogens with zero attached hydrogens (tertiary/aromatic N) is 1. The van der Waals surface area contributed by atoms with Gasteiger partial charge in [0.15, 0.2) is 11.5 Å². The summed E-state index contributed by atoms with van der Waals surface area (Å²) in [5.41, 5.74) is 2.77. The lowest BCUT2D eigenvalue weighted by atomic mass is 10.2. The molecule has 0 aliphatic carbocycles. The third-order valence-corrected chi connectivity index (χ3v) is 4.37. The average molecular weight is 361 g/mol. The highest BCUT2D eigenvalue weighted by Crippen LogP contribution is 2.32. The highest BCUT2D eigenvalue weighted by molar-refractivity contribution is 6.33. The van der Waals surface area contributed by atoms with Gasteiger partial charge in [0.25, 0.3) is 0 Å². The summed E-state index contributed by atoms with van der Waals surface area (Å²) in [5, 5.41) is 3.42. The van der Waals surface area contributed by atoms with Gasteiger partial charge in [-0.25, -0.2) is 0 Å². The lowest BCUT2D eigenvalue weighted by molar-refractivity contribution is -0.117. The molecule has 0 saturated carbocycles. The van der Waals surface area contributed by atoms with Crippen LogP contribution in [0.1, 0.15) is 18.1 Å². The van der Waals surface area contributed by atoms with Crippen molar-refractivity contribution in [2.45, 2.75) is 20.4 Å². The van der Waals surface area contributed by atoms with Crippen molar-refractivity contribution >= 4 is 23.2 Å². The van der Waals surface area contributed by atoms with Crippen molar-refractivity contribution in [2.75, 3.05) is 25.2 Å². The molecule has 2 aromatic rings. The van der Waals surface area contributed by atoms with E-state index in [0.717, 1.165) is 29.2 Å². The van der Waals surface area contributed by atoms with E-state index >= 15 is 0 Å². The molecule has 0 fully saturated rings. The van der Waals surface area contributed by atoms with E-state index in [1.165, 1.54) is 0 Å². The smallest absolute Gasteiger partial charge is 0.238 e. The molecule has 0 saturated heterocycles. The van der Waals surface area contributed by atoms with E-state index in [2.05, 4.69) is 10.2 Å². The van der Waals surface area contributed by atoms with Crippen molar-refractivity contribution in [1.29, 1.82) is 0 Å². The first-order valence-corrected chi connectivity index (χ1v) is 8.60. The van der Waals surface area contributed by atoms with Crippen molar-refractivity contribution in [1.82, 2.24) is 4.90 Å². The number of rotatable bonds is 6. The van der Waals surface area contributed by atoms with Gasteiger partial charge in [-0.15, -0.1) is 0 Å². The number of nitrogens with one attached hydrogen (secondary N) is 1. The van der Waals surface area contributed by atoms with E-state index in [1.807, 2.05) is 50.2 Å². The van der Waals surface area contributed by atoms with E-state index in [1.54, 1.807) is 0 Å². The monoisotopic (exact) mass is 360 g/mol. The van der Waals surface area contributed by atoms with Crippen LogP contribution in [0.25, 0.3) is 0 Å². The molecule has 132 valence electrons. The predicted octanol–water partition coefficient (Wildman–Crippen LogP) is 3.84. The molecule has 1 aliphatic heterocycles.